The van der Waals surface area contributed by atoms with Crippen molar-refractivity contribution in [1.29, 1.82) is 0 Å². The molecule has 3 rings (SSSR count). The van der Waals surface area contributed by atoms with Crippen LogP contribution in [0, 0.1) is 11.7 Å². The number of benzene rings is 1. The standard InChI is InChI=1S/C20H23FN2O2/c21-19-6-2-1-4-17(19)14-20(24)23-11-7-16(8-12-23)9-13-25-18-5-3-10-22-15-18/h1-6,10,15-16H,7-9,11-14H2. The minimum atomic E-state index is -0.307. The van der Waals surface area contributed by atoms with Crippen LogP contribution < -0.4 is 4.74 Å². The number of piperidine rings is 1. The molecule has 1 amide bonds. The van der Waals surface area contributed by atoms with Gasteiger partial charge in [-0.15, -0.1) is 0 Å². The Morgan fingerprint density at radius 1 is 1.20 bits per heavy atom. The first-order valence-electron chi connectivity index (χ1n) is 8.76. The van der Waals surface area contributed by atoms with Gasteiger partial charge in [0.2, 0.25) is 5.91 Å². The molecule has 0 saturated carbocycles. The molecule has 4 nitrogen and oxygen atoms in total. The van der Waals surface area contributed by atoms with E-state index in [2.05, 4.69) is 4.98 Å². The molecular weight excluding hydrogens is 319 g/mol. The summed E-state index contributed by atoms with van der Waals surface area (Å²) in [5, 5.41) is 0. The predicted molar refractivity (Wildman–Crippen MR) is 93.8 cm³/mol. The Balaban J connectivity index is 1.39. The molecular formula is C20H23FN2O2. The average molecular weight is 342 g/mol. The molecule has 1 aliphatic heterocycles. The second-order valence-corrected chi connectivity index (χ2v) is 6.42. The highest BCUT2D eigenvalue weighted by Crippen LogP contribution is 2.22. The van der Waals surface area contributed by atoms with Crippen LogP contribution in [-0.2, 0) is 11.2 Å². The minimum absolute atomic E-state index is 0.00941. The molecule has 2 heterocycles. The number of ether oxygens (including phenoxy) is 1. The maximum Gasteiger partial charge on any atom is 0.227 e. The molecule has 25 heavy (non-hydrogen) atoms. The van der Waals surface area contributed by atoms with Crippen molar-refractivity contribution in [1.82, 2.24) is 9.88 Å². The number of carbonyl (C=O) groups excluding carboxylic acids is 1. The normalized spacial score (nSPS) is 15.2. The first-order valence-corrected chi connectivity index (χ1v) is 8.76. The number of carbonyl (C=O) groups is 1. The Morgan fingerprint density at radius 2 is 2.00 bits per heavy atom. The van der Waals surface area contributed by atoms with Crippen LogP contribution in [0.3, 0.4) is 0 Å². The minimum Gasteiger partial charge on any atom is -0.492 e. The van der Waals surface area contributed by atoms with Crippen LogP contribution in [0.1, 0.15) is 24.8 Å². The van der Waals surface area contributed by atoms with E-state index in [1.807, 2.05) is 17.0 Å². The number of likely N-dealkylation sites (tertiary alicyclic amines) is 1. The Labute approximate surface area is 147 Å². The molecule has 0 spiro atoms. The summed E-state index contributed by atoms with van der Waals surface area (Å²) in [6.07, 6.45) is 6.50. The van der Waals surface area contributed by atoms with Gasteiger partial charge in [0.1, 0.15) is 11.6 Å². The summed E-state index contributed by atoms with van der Waals surface area (Å²) in [4.78, 5) is 18.2. The molecule has 1 aromatic heterocycles. The number of halogens is 1. The van der Waals surface area contributed by atoms with Crippen molar-refractivity contribution in [3.05, 3.63) is 60.2 Å². The molecule has 0 atom stereocenters. The smallest absolute Gasteiger partial charge is 0.227 e. The zero-order valence-corrected chi connectivity index (χ0v) is 14.2. The molecule has 0 unspecified atom stereocenters. The summed E-state index contributed by atoms with van der Waals surface area (Å²) >= 11 is 0. The van der Waals surface area contributed by atoms with Crippen LogP contribution >= 0.6 is 0 Å². The first kappa shape index (κ1) is 17.4. The molecule has 1 aliphatic rings. The zero-order chi connectivity index (χ0) is 17.5. The van der Waals surface area contributed by atoms with Gasteiger partial charge in [-0.3, -0.25) is 9.78 Å². The summed E-state index contributed by atoms with van der Waals surface area (Å²) in [5.41, 5.74) is 0.472. The highest BCUT2D eigenvalue weighted by molar-refractivity contribution is 5.78. The number of aromatic nitrogens is 1. The molecule has 0 aliphatic carbocycles. The third-order valence-electron chi connectivity index (χ3n) is 4.70. The molecule has 0 radical (unpaired) electrons. The summed E-state index contributed by atoms with van der Waals surface area (Å²) in [6, 6.07) is 10.2. The SMILES string of the molecule is O=C(Cc1ccccc1F)N1CCC(CCOc2cccnc2)CC1. The Hall–Kier alpha value is -2.43. The summed E-state index contributed by atoms with van der Waals surface area (Å²) < 4.78 is 19.4. The predicted octanol–water partition coefficient (Wildman–Crippen LogP) is 3.47. The van der Waals surface area contributed by atoms with Crippen molar-refractivity contribution in [3.63, 3.8) is 0 Å². The van der Waals surface area contributed by atoms with Gasteiger partial charge in [0, 0.05) is 19.3 Å². The zero-order valence-electron chi connectivity index (χ0n) is 14.2. The van der Waals surface area contributed by atoms with E-state index in [0.29, 0.717) is 18.1 Å². The van der Waals surface area contributed by atoms with Crippen molar-refractivity contribution in [3.8, 4) is 5.75 Å². The molecule has 132 valence electrons. The lowest BCUT2D eigenvalue weighted by Crippen LogP contribution is -2.39. The Bertz CT molecular complexity index is 685. The van der Waals surface area contributed by atoms with E-state index in [1.165, 1.54) is 6.07 Å². The van der Waals surface area contributed by atoms with Crippen molar-refractivity contribution >= 4 is 5.91 Å². The highest BCUT2D eigenvalue weighted by Gasteiger charge is 2.23. The van der Waals surface area contributed by atoms with Gasteiger partial charge in [-0.05, 0) is 48.9 Å². The van der Waals surface area contributed by atoms with E-state index in [1.54, 1.807) is 30.6 Å². The van der Waals surface area contributed by atoms with Gasteiger partial charge >= 0.3 is 0 Å². The largest absolute Gasteiger partial charge is 0.492 e. The van der Waals surface area contributed by atoms with Gasteiger partial charge in [0.05, 0.1) is 19.2 Å². The number of pyridine rings is 1. The van der Waals surface area contributed by atoms with E-state index in [4.69, 9.17) is 4.74 Å². The fourth-order valence-electron chi connectivity index (χ4n) is 3.16. The van der Waals surface area contributed by atoms with Crippen LogP contribution in [0.4, 0.5) is 4.39 Å². The van der Waals surface area contributed by atoms with Gasteiger partial charge in [0.15, 0.2) is 0 Å². The van der Waals surface area contributed by atoms with Crippen molar-refractivity contribution in [2.24, 2.45) is 5.92 Å². The lowest BCUT2D eigenvalue weighted by molar-refractivity contribution is -0.131. The van der Waals surface area contributed by atoms with Crippen LogP contribution in [-0.4, -0.2) is 35.5 Å². The maximum atomic E-state index is 13.7. The van der Waals surface area contributed by atoms with E-state index in [0.717, 1.165) is 38.1 Å². The molecule has 1 fully saturated rings. The number of amides is 1. The monoisotopic (exact) mass is 342 g/mol. The second-order valence-electron chi connectivity index (χ2n) is 6.42. The van der Waals surface area contributed by atoms with E-state index < -0.39 is 0 Å². The third-order valence-corrected chi connectivity index (χ3v) is 4.70. The van der Waals surface area contributed by atoms with Gasteiger partial charge < -0.3 is 9.64 Å². The van der Waals surface area contributed by atoms with Crippen molar-refractivity contribution in [2.45, 2.75) is 25.7 Å². The Kier molecular flexibility index (Phi) is 5.99. The van der Waals surface area contributed by atoms with Gasteiger partial charge in [-0.25, -0.2) is 4.39 Å². The van der Waals surface area contributed by atoms with Gasteiger partial charge in [-0.2, -0.15) is 0 Å². The molecule has 1 aromatic carbocycles. The number of hydrogen-bond donors (Lipinski definition) is 0. The molecule has 2 aromatic rings. The number of rotatable bonds is 6. The lowest BCUT2D eigenvalue weighted by Gasteiger charge is -2.32. The fourth-order valence-corrected chi connectivity index (χ4v) is 3.16. The molecule has 1 saturated heterocycles. The van der Waals surface area contributed by atoms with Gasteiger partial charge in [0.25, 0.3) is 0 Å². The number of nitrogens with zero attached hydrogens (tertiary/aromatic N) is 2. The molecule has 0 N–H and O–H groups in total. The van der Waals surface area contributed by atoms with Gasteiger partial charge in [-0.1, -0.05) is 18.2 Å². The van der Waals surface area contributed by atoms with Crippen molar-refractivity contribution in [2.75, 3.05) is 19.7 Å². The third kappa shape index (κ3) is 5.02. The van der Waals surface area contributed by atoms with E-state index in [-0.39, 0.29) is 18.1 Å². The van der Waals surface area contributed by atoms with Crippen LogP contribution in [0.25, 0.3) is 0 Å². The molecule has 0 bridgehead atoms. The highest BCUT2D eigenvalue weighted by atomic mass is 19.1. The van der Waals surface area contributed by atoms with Crippen LogP contribution in [0.15, 0.2) is 48.8 Å². The average Bonchev–Trinajstić information content (AvgIpc) is 2.65. The maximum absolute atomic E-state index is 13.7. The fraction of sp³-hybridized carbons (Fsp3) is 0.400. The summed E-state index contributed by atoms with van der Waals surface area (Å²) in [6.45, 7) is 2.15. The van der Waals surface area contributed by atoms with Crippen LogP contribution in [0.2, 0.25) is 0 Å². The second kappa shape index (κ2) is 8.60. The quantitative estimate of drug-likeness (QED) is 0.807. The van der Waals surface area contributed by atoms with E-state index >= 15 is 0 Å². The topological polar surface area (TPSA) is 42.4 Å². The number of hydrogen-bond acceptors (Lipinski definition) is 3. The molecule has 5 heteroatoms. The summed E-state index contributed by atoms with van der Waals surface area (Å²) in [5.74, 6) is 1.06. The van der Waals surface area contributed by atoms with E-state index in [9.17, 15) is 9.18 Å². The summed E-state index contributed by atoms with van der Waals surface area (Å²) in [7, 11) is 0. The van der Waals surface area contributed by atoms with Crippen molar-refractivity contribution < 1.29 is 13.9 Å². The van der Waals surface area contributed by atoms with Crippen LogP contribution in [0.5, 0.6) is 5.75 Å². The first-order chi connectivity index (χ1) is 12.2. The Morgan fingerprint density at radius 3 is 2.72 bits per heavy atom. The lowest BCUT2D eigenvalue weighted by atomic mass is 9.93.